The van der Waals surface area contributed by atoms with Gasteiger partial charge in [-0.15, -0.1) is 5.10 Å². The van der Waals surface area contributed by atoms with E-state index in [1.807, 2.05) is 19.1 Å². The molecule has 1 N–H and O–H groups in total. The number of halogens is 1. The third-order valence-electron chi connectivity index (χ3n) is 2.21. The van der Waals surface area contributed by atoms with Crippen molar-refractivity contribution in [3.05, 3.63) is 53.5 Å². The molecule has 1 aromatic heterocycles. The molecule has 0 atom stereocenters. The van der Waals surface area contributed by atoms with Crippen LogP contribution in [0.1, 0.15) is 11.1 Å². The first kappa shape index (κ1) is 10.5. The Hall–Kier alpha value is -1.97. The Morgan fingerprint density at radius 3 is 2.88 bits per heavy atom. The summed E-state index contributed by atoms with van der Waals surface area (Å²) in [7, 11) is 0. The molecule has 0 unspecified atom stereocenters. The molecule has 3 nitrogen and oxygen atoms in total. The Morgan fingerprint density at radius 2 is 2.12 bits per heavy atom. The fourth-order valence-electron chi connectivity index (χ4n) is 1.38. The van der Waals surface area contributed by atoms with E-state index < -0.39 is 0 Å². The fourth-order valence-corrected chi connectivity index (χ4v) is 1.38. The molecule has 0 aliphatic rings. The number of hydrogen-bond acceptors (Lipinski definition) is 3. The number of aromatic nitrogens is 2. The maximum Gasteiger partial charge on any atom is 0.149 e. The van der Waals surface area contributed by atoms with Crippen LogP contribution in [0, 0.1) is 12.7 Å². The summed E-state index contributed by atoms with van der Waals surface area (Å²) in [6.07, 6.45) is 1.67. The summed E-state index contributed by atoms with van der Waals surface area (Å²) in [5, 5.41) is 10.7. The Bertz CT molecular complexity index is 485. The molecule has 82 valence electrons. The average molecular weight is 217 g/mol. The standard InChI is InChI=1S/C12H12FN3/c1-9-6-12(16-15-7-9)14-8-10-4-2-3-5-11(10)13/h2-7H,8H2,1H3,(H,14,16). The van der Waals surface area contributed by atoms with Crippen molar-refractivity contribution in [3.8, 4) is 0 Å². The third-order valence-corrected chi connectivity index (χ3v) is 2.21. The van der Waals surface area contributed by atoms with Gasteiger partial charge in [-0.2, -0.15) is 5.10 Å². The molecule has 2 rings (SSSR count). The molecule has 0 spiro atoms. The van der Waals surface area contributed by atoms with Crippen LogP contribution in [0.15, 0.2) is 36.5 Å². The second-order valence-electron chi connectivity index (χ2n) is 3.56. The lowest BCUT2D eigenvalue weighted by atomic mass is 10.2. The lowest BCUT2D eigenvalue weighted by Gasteiger charge is -2.06. The first-order valence-electron chi connectivity index (χ1n) is 5.02. The van der Waals surface area contributed by atoms with Crippen LogP contribution in [-0.2, 0) is 6.54 Å². The van der Waals surface area contributed by atoms with E-state index in [9.17, 15) is 4.39 Å². The summed E-state index contributed by atoms with van der Waals surface area (Å²) < 4.78 is 13.3. The van der Waals surface area contributed by atoms with E-state index in [4.69, 9.17) is 0 Å². The van der Waals surface area contributed by atoms with E-state index in [-0.39, 0.29) is 5.82 Å². The van der Waals surface area contributed by atoms with Crippen molar-refractivity contribution in [1.29, 1.82) is 0 Å². The highest BCUT2D eigenvalue weighted by Crippen LogP contribution is 2.09. The molecule has 0 aliphatic carbocycles. The van der Waals surface area contributed by atoms with Gasteiger partial charge in [0.2, 0.25) is 0 Å². The Labute approximate surface area is 93.3 Å². The Kier molecular flexibility index (Phi) is 3.10. The number of nitrogens with zero attached hydrogens (tertiary/aromatic N) is 2. The quantitative estimate of drug-likeness (QED) is 0.858. The van der Waals surface area contributed by atoms with Crippen LogP contribution < -0.4 is 5.32 Å². The lowest BCUT2D eigenvalue weighted by Crippen LogP contribution is -2.04. The number of benzene rings is 1. The van der Waals surface area contributed by atoms with Gasteiger partial charge in [0.05, 0.1) is 6.20 Å². The number of aryl methyl sites for hydroxylation is 1. The minimum atomic E-state index is -0.212. The maximum atomic E-state index is 13.3. The number of anilines is 1. The molecule has 1 heterocycles. The zero-order valence-corrected chi connectivity index (χ0v) is 8.94. The normalized spacial score (nSPS) is 10.1. The van der Waals surface area contributed by atoms with Crippen molar-refractivity contribution < 1.29 is 4.39 Å². The summed E-state index contributed by atoms with van der Waals surface area (Å²) in [6, 6.07) is 8.53. The van der Waals surface area contributed by atoms with Crippen molar-refractivity contribution in [2.45, 2.75) is 13.5 Å². The summed E-state index contributed by atoms with van der Waals surface area (Å²) in [5.74, 6) is 0.443. The zero-order valence-electron chi connectivity index (χ0n) is 8.94. The largest absolute Gasteiger partial charge is 0.364 e. The van der Waals surface area contributed by atoms with Gasteiger partial charge in [0, 0.05) is 12.1 Å². The highest BCUT2D eigenvalue weighted by atomic mass is 19.1. The maximum absolute atomic E-state index is 13.3. The fraction of sp³-hybridized carbons (Fsp3) is 0.167. The summed E-state index contributed by atoms with van der Waals surface area (Å²) in [4.78, 5) is 0. The minimum Gasteiger partial charge on any atom is -0.364 e. The van der Waals surface area contributed by atoms with E-state index in [0.29, 0.717) is 17.9 Å². The second kappa shape index (κ2) is 4.70. The van der Waals surface area contributed by atoms with Crippen molar-refractivity contribution in [1.82, 2.24) is 10.2 Å². The lowest BCUT2D eigenvalue weighted by molar-refractivity contribution is 0.613. The Morgan fingerprint density at radius 1 is 1.31 bits per heavy atom. The SMILES string of the molecule is Cc1cnnc(NCc2ccccc2F)c1. The number of nitrogens with one attached hydrogen (secondary N) is 1. The molecule has 0 aliphatic heterocycles. The van der Waals surface area contributed by atoms with Crippen molar-refractivity contribution >= 4 is 5.82 Å². The van der Waals surface area contributed by atoms with E-state index in [1.165, 1.54) is 6.07 Å². The van der Waals surface area contributed by atoms with Crippen molar-refractivity contribution in [2.75, 3.05) is 5.32 Å². The van der Waals surface area contributed by atoms with Gasteiger partial charge < -0.3 is 5.32 Å². The van der Waals surface area contributed by atoms with E-state index in [1.54, 1.807) is 18.3 Å². The van der Waals surface area contributed by atoms with Gasteiger partial charge in [-0.25, -0.2) is 4.39 Å². The molecule has 4 heteroatoms. The summed E-state index contributed by atoms with van der Waals surface area (Å²) >= 11 is 0. The van der Waals surface area contributed by atoms with E-state index in [0.717, 1.165) is 5.56 Å². The first-order chi connectivity index (χ1) is 7.75. The van der Waals surface area contributed by atoms with Crippen LogP contribution in [-0.4, -0.2) is 10.2 Å². The zero-order chi connectivity index (χ0) is 11.4. The van der Waals surface area contributed by atoms with Crippen molar-refractivity contribution in [3.63, 3.8) is 0 Å². The van der Waals surface area contributed by atoms with Crippen LogP contribution in [0.2, 0.25) is 0 Å². The number of hydrogen-bond donors (Lipinski definition) is 1. The van der Waals surface area contributed by atoms with Crippen molar-refractivity contribution in [2.24, 2.45) is 0 Å². The highest BCUT2D eigenvalue weighted by Gasteiger charge is 2.00. The molecular formula is C12H12FN3. The molecule has 0 saturated heterocycles. The molecule has 1 aromatic carbocycles. The molecule has 2 aromatic rings. The van der Waals surface area contributed by atoms with Gasteiger partial charge in [0.15, 0.2) is 0 Å². The van der Waals surface area contributed by atoms with E-state index >= 15 is 0 Å². The van der Waals surface area contributed by atoms with Crippen LogP contribution in [0.3, 0.4) is 0 Å². The topological polar surface area (TPSA) is 37.8 Å². The van der Waals surface area contributed by atoms with Crippen LogP contribution >= 0.6 is 0 Å². The van der Waals surface area contributed by atoms with Gasteiger partial charge in [-0.1, -0.05) is 18.2 Å². The predicted octanol–water partition coefficient (Wildman–Crippen LogP) is 2.54. The average Bonchev–Trinajstić information content (AvgIpc) is 2.28. The second-order valence-corrected chi connectivity index (χ2v) is 3.56. The minimum absolute atomic E-state index is 0.212. The molecular weight excluding hydrogens is 205 g/mol. The summed E-state index contributed by atoms with van der Waals surface area (Å²) in [5.41, 5.74) is 1.64. The van der Waals surface area contributed by atoms with Crippen LogP contribution in [0.5, 0.6) is 0 Å². The van der Waals surface area contributed by atoms with Gasteiger partial charge in [-0.3, -0.25) is 0 Å². The smallest absolute Gasteiger partial charge is 0.149 e. The van der Waals surface area contributed by atoms with Crippen LogP contribution in [0.4, 0.5) is 10.2 Å². The molecule has 0 radical (unpaired) electrons. The van der Waals surface area contributed by atoms with Crippen LogP contribution in [0.25, 0.3) is 0 Å². The molecule has 0 saturated carbocycles. The van der Waals surface area contributed by atoms with Gasteiger partial charge in [0.1, 0.15) is 11.6 Å². The predicted molar refractivity (Wildman–Crippen MR) is 60.5 cm³/mol. The van der Waals surface area contributed by atoms with E-state index in [2.05, 4.69) is 15.5 Å². The van der Waals surface area contributed by atoms with Gasteiger partial charge in [-0.05, 0) is 24.6 Å². The molecule has 16 heavy (non-hydrogen) atoms. The Balaban J connectivity index is 2.05. The molecule has 0 fully saturated rings. The highest BCUT2D eigenvalue weighted by molar-refractivity contribution is 5.36. The monoisotopic (exact) mass is 217 g/mol. The first-order valence-corrected chi connectivity index (χ1v) is 5.02. The number of rotatable bonds is 3. The molecule has 0 bridgehead atoms. The third kappa shape index (κ3) is 2.53. The van der Waals surface area contributed by atoms with Gasteiger partial charge >= 0.3 is 0 Å². The van der Waals surface area contributed by atoms with Gasteiger partial charge in [0.25, 0.3) is 0 Å². The molecule has 0 amide bonds. The summed E-state index contributed by atoms with van der Waals surface area (Å²) in [6.45, 7) is 2.34.